The van der Waals surface area contributed by atoms with E-state index in [1.54, 1.807) is 14.7 Å². The number of nitrogens with one attached hydrogen (secondary N) is 2. The molecule has 16 rings (SSSR count). The van der Waals surface area contributed by atoms with Crippen LogP contribution in [0.3, 0.4) is 0 Å². The first-order valence-corrected chi connectivity index (χ1v) is 54.0. The molecule has 0 aromatic heterocycles. The van der Waals surface area contributed by atoms with Crippen LogP contribution in [0.25, 0.3) is 0 Å². The van der Waals surface area contributed by atoms with Gasteiger partial charge in [-0.3, -0.25) is 24.5 Å². The molecule has 0 spiro atoms. The largest absolute Gasteiger partial charge is 0.404 e. The molecule has 6 saturated heterocycles. The van der Waals surface area contributed by atoms with Gasteiger partial charge in [0.25, 0.3) is 0 Å². The van der Waals surface area contributed by atoms with Crippen molar-refractivity contribution in [3.63, 3.8) is 0 Å². The van der Waals surface area contributed by atoms with Crippen molar-refractivity contribution in [1.82, 2.24) is 24.5 Å². The van der Waals surface area contributed by atoms with Crippen molar-refractivity contribution < 1.29 is 59.2 Å². The average Bonchev–Trinajstić information content (AvgIpc) is 1.69. The van der Waals surface area contributed by atoms with E-state index in [-0.39, 0.29) is 31.4 Å². The van der Waals surface area contributed by atoms with E-state index in [4.69, 9.17) is 9.47 Å². The fourth-order valence-electron chi connectivity index (χ4n) is 20.8. The minimum atomic E-state index is -4.10. The average molecular weight is 1980 g/mol. The van der Waals surface area contributed by atoms with Crippen LogP contribution in [0.5, 0.6) is 0 Å². The van der Waals surface area contributed by atoms with E-state index >= 15 is 0 Å². The number of benzene rings is 8. The van der Waals surface area contributed by atoms with Gasteiger partial charge in [0, 0.05) is 75.4 Å². The summed E-state index contributed by atoms with van der Waals surface area (Å²) in [6, 6.07) is 66.4. The molecule has 4 N–H and O–H groups in total. The molecule has 8 aromatic carbocycles. The van der Waals surface area contributed by atoms with Crippen LogP contribution in [0.2, 0.25) is 0 Å². The Kier molecular flexibility index (Phi) is 47.4. The summed E-state index contributed by atoms with van der Waals surface area (Å²) in [5.41, 5.74) is 19.6. The third-order valence-corrected chi connectivity index (χ3v) is 30.1. The molecule has 2 saturated carbocycles. The summed E-state index contributed by atoms with van der Waals surface area (Å²) in [5.74, 6) is 5.35. The first kappa shape index (κ1) is 118. The summed E-state index contributed by atoms with van der Waals surface area (Å²) in [5, 5.41) is 26.7. The maximum atomic E-state index is 12.8. The number of nitrogens with zero attached hydrogens (tertiary/aromatic N) is 5. The standard InChI is InChI=1S/2C17H27NO.3C15H20F3N.C15H22.2C14H21NO/c1-13(2)15-9-7-14(8-10-15)12-18-11-5-6-16(18)17(3,4)19;1-5-18(17-10-11-19-14(17)4)12-15-6-8-16(9-7-15)13(2)3;3*1-11(2)13-7-5-12(6-8-13)10-19-9-3-4-14(19)15(16,17)18;1-12(2)15-9-7-14(8-10-15)11-13-5-3-4-6-13;1-10(2)12-4-6-13(7-5-12)15-14-8-9-16-11(14)3;1-10(2)11-3-5-12(6-4-11)15-13-7-8-14(16)9-13/h7-10,13,16,19H,5-6,11-12H2,1-4H3;6-9,13-14,17H,5,10-12H2,1-4H3;3*5-8,11,14H,3-4,9-10H2,1-2H3;7-10,12-13H,3-6,11H2,1-2H3;4-7,10-11,14-15H,8-9H2,1-3H3;3-6,10,13-16H,7-9H2,1-2H3/t;;2*14-;;;;/m..10..../s1. The molecule has 0 amide bonds. The molecule has 20 heteroatoms. The molecular weight excluding hydrogens is 1800 g/mol. The Hall–Kier alpha value is -7.63. The summed E-state index contributed by atoms with van der Waals surface area (Å²) in [4.78, 5) is 9.60. The number of likely N-dealkylation sites (N-methyl/N-ethyl adjacent to an activating group) is 1. The maximum Gasteiger partial charge on any atom is 0.404 e. The number of rotatable bonds is 27. The van der Waals surface area contributed by atoms with Gasteiger partial charge in [-0.25, -0.2) is 0 Å². The number of anilines is 2. The smallest absolute Gasteiger partial charge is 0.393 e. The number of hydrogen-bond acceptors (Lipinski definition) is 11. The van der Waals surface area contributed by atoms with Gasteiger partial charge in [0.1, 0.15) is 18.1 Å². The second-order valence-electron chi connectivity index (χ2n) is 44.5. The highest BCUT2D eigenvalue weighted by Gasteiger charge is 2.48. The molecule has 6 aliphatic heterocycles. The number of halogens is 9. The van der Waals surface area contributed by atoms with E-state index in [1.807, 2.05) is 86.6 Å². The number of hydrogen-bond donors (Lipinski definition) is 4. The van der Waals surface area contributed by atoms with E-state index < -0.39 is 42.3 Å². The molecule has 0 bridgehead atoms. The zero-order valence-corrected chi connectivity index (χ0v) is 90.0. The highest BCUT2D eigenvalue weighted by Crippen LogP contribution is 2.40. The Labute approximate surface area is 850 Å². The Bertz CT molecular complexity index is 4380. The van der Waals surface area contributed by atoms with Crippen LogP contribution in [-0.2, 0) is 48.6 Å². The molecule has 10 atom stereocenters. The zero-order chi connectivity index (χ0) is 104. The minimum Gasteiger partial charge on any atom is -0.393 e. The fourth-order valence-corrected chi connectivity index (χ4v) is 20.8. The van der Waals surface area contributed by atoms with Crippen molar-refractivity contribution >= 4 is 11.4 Å². The Morgan fingerprint density at radius 1 is 0.338 bits per heavy atom. The van der Waals surface area contributed by atoms with Gasteiger partial charge < -0.3 is 30.3 Å². The predicted octanol–water partition coefficient (Wildman–Crippen LogP) is 31.4. The molecular formula is C122H178F9N7O4. The van der Waals surface area contributed by atoms with Crippen molar-refractivity contribution in [3.05, 3.63) is 272 Å². The van der Waals surface area contributed by atoms with Crippen LogP contribution in [0, 0.1) is 5.92 Å². The lowest BCUT2D eigenvalue weighted by atomic mass is 9.95. The maximum absolute atomic E-state index is 12.8. The summed E-state index contributed by atoms with van der Waals surface area (Å²) < 4.78 is 127. The Morgan fingerprint density at radius 2 is 0.620 bits per heavy atom. The SMILES string of the molecule is CC(C)c1ccc(CC2CCCC2)cc1.CC(C)c1ccc(CN2CCCC2C(C)(C)O)cc1.CC(C)c1ccc(CN2CCCC2C(F)(F)F)cc1.CC(C)c1ccc(CN2CCC[C@@H]2C(F)(F)F)cc1.CC(C)c1ccc(CN2CCC[C@H]2C(F)(F)F)cc1.CC(C)c1ccc(NC2CCC(O)C2)cc1.CC(C)c1ccc(NC2CCOC2C)cc1.CCN(Cc1ccc(C(C)C)cc1)C1CCOC1C. The van der Waals surface area contributed by atoms with Crippen LogP contribution < -0.4 is 10.6 Å². The second kappa shape index (κ2) is 57.1. The number of aliphatic hydroxyl groups excluding tert-OH is 1. The summed E-state index contributed by atoms with van der Waals surface area (Å²) in [7, 11) is 0. The van der Waals surface area contributed by atoms with Gasteiger partial charge in [-0.05, 0) is 306 Å². The summed E-state index contributed by atoms with van der Waals surface area (Å²) in [6.45, 7) is 54.1. The molecule has 0 radical (unpaired) electrons. The van der Waals surface area contributed by atoms with E-state index in [0.717, 1.165) is 94.1 Å². The number of ether oxygens (including phenoxy) is 2. The first-order valence-electron chi connectivity index (χ1n) is 54.0. The highest BCUT2D eigenvalue weighted by molar-refractivity contribution is 5.48. The highest BCUT2D eigenvalue weighted by atomic mass is 19.4. The lowest BCUT2D eigenvalue weighted by molar-refractivity contribution is -0.177. The van der Waals surface area contributed by atoms with Gasteiger partial charge in [-0.1, -0.05) is 313 Å². The van der Waals surface area contributed by atoms with Gasteiger partial charge >= 0.3 is 18.5 Å². The van der Waals surface area contributed by atoms with Gasteiger partial charge in [0.2, 0.25) is 0 Å². The molecule has 8 fully saturated rings. The van der Waals surface area contributed by atoms with Crippen molar-refractivity contribution in [2.24, 2.45) is 5.92 Å². The third kappa shape index (κ3) is 38.9. The lowest BCUT2D eigenvalue weighted by Gasteiger charge is -2.33. The molecule has 788 valence electrons. The molecule has 8 aromatic rings. The van der Waals surface area contributed by atoms with Gasteiger partial charge in [-0.2, -0.15) is 39.5 Å². The number of alkyl halides is 9. The first-order chi connectivity index (χ1) is 67.2. The van der Waals surface area contributed by atoms with E-state index in [0.29, 0.717) is 136 Å². The van der Waals surface area contributed by atoms with Crippen molar-refractivity contribution in [3.8, 4) is 0 Å². The van der Waals surface area contributed by atoms with Crippen LogP contribution in [0.1, 0.15) is 380 Å². The van der Waals surface area contributed by atoms with Crippen LogP contribution in [0.15, 0.2) is 194 Å². The van der Waals surface area contributed by atoms with Gasteiger partial charge in [0.05, 0.1) is 30.0 Å². The summed E-state index contributed by atoms with van der Waals surface area (Å²) in [6.07, 6.45) is 5.44. The summed E-state index contributed by atoms with van der Waals surface area (Å²) >= 11 is 0. The van der Waals surface area contributed by atoms with E-state index in [1.165, 1.54) is 118 Å². The van der Waals surface area contributed by atoms with Crippen LogP contribution in [0.4, 0.5) is 50.9 Å². The fraction of sp³-hybridized carbons (Fsp3) is 0.607. The van der Waals surface area contributed by atoms with Crippen molar-refractivity contribution in [1.29, 1.82) is 0 Å². The quantitative estimate of drug-likeness (QED) is 0.0371. The van der Waals surface area contributed by atoms with Crippen molar-refractivity contribution in [2.75, 3.05) is 56.6 Å². The predicted molar refractivity (Wildman–Crippen MR) is 573 cm³/mol. The van der Waals surface area contributed by atoms with Gasteiger partial charge in [0.15, 0.2) is 0 Å². The molecule has 8 aliphatic rings. The molecule has 11 nitrogen and oxygen atoms in total. The molecule has 2 aliphatic carbocycles. The minimum absolute atomic E-state index is 0.104. The van der Waals surface area contributed by atoms with Gasteiger partial charge in [-0.15, -0.1) is 0 Å². The van der Waals surface area contributed by atoms with E-state index in [9.17, 15) is 49.7 Å². The normalized spacial score (nSPS) is 22.0. The monoisotopic (exact) mass is 1980 g/mol. The topological polar surface area (TPSA) is 99.2 Å². The Balaban J connectivity index is 0.000000181. The molecule has 6 heterocycles. The van der Waals surface area contributed by atoms with Crippen LogP contribution >= 0.6 is 0 Å². The third-order valence-electron chi connectivity index (χ3n) is 30.1. The van der Waals surface area contributed by atoms with Crippen LogP contribution in [-0.4, -0.2) is 165 Å². The Morgan fingerprint density at radius 3 is 0.887 bits per heavy atom. The van der Waals surface area contributed by atoms with E-state index in [2.05, 4.69) is 273 Å². The van der Waals surface area contributed by atoms with Crippen molar-refractivity contribution in [2.45, 2.75) is 426 Å². The molecule has 8 unspecified atom stereocenters. The molecule has 142 heavy (non-hydrogen) atoms. The number of aliphatic hydroxyl groups is 2. The number of likely N-dealkylation sites (tertiary alicyclic amines) is 4. The zero-order valence-electron chi connectivity index (χ0n) is 90.0. The lowest BCUT2D eigenvalue weighted by Crippen LogP contribution is -2.45. The second-order valence-corrected chi connectivity index (χ2v) is 44.5.